The van der Waals surface area contributed by atoms with Crippen LogP contribution < -0.4 is 16.2 Å². The third-order valence-electron chi connectivity index (χ3n) is 3.08. The molecule has 0 aromatic rings. The highest BCUT2D eigenvalue weighted by molar-refractivity contribution is 7.80. The van der Waals surface area contributed by atoms with Crippen LogP contribution in [0.15, 0.2) is 0 Å². The number of hydrogen-bond acceptors (Lipinski definition) is 3. The Morgan fingerprint density at radius 2 is 1.29 bits per heavy atom. The first kappa shape index (κ1) is 19.8. The maximum absolute atomic E-state index is 11.6. The summed E-state index contributed by atoms with van der Waals surface area (Å²) in [5.41, 5.74) is 5.04. The SMILES string of the molecule is CCCCCCCC(=O)NC(=S)NNC(=O)CCCCC. The molecule has 0 saturated heterocycles. The molecule has 0 rings (SSSR count). The highest BCUT2D eigenvalue weighted by Gasteiger charge is 2.05. The van der Waals surface area contributed by atoms with Gasteiger partial charge in [0.25, 0.3) is 0 Å². The summed E-state index contributed by atoms with van der Waals surface area (Å²) >= 11 is 4.95. The molecule has 3 N–H and O–H groups in total. The first-order valence-corrected chi connectivity index (χ1v) is 8.39. The lowest BCUT2D eigenvalue weighted by molar-refractivity contribution is -0.122. The van der Waals surface area contributed by atoms with Crippen molar-refractivity contribution < 1.29 is 9.59 Å². The lowest BCUT2D eigenvalue weighted by Crippen LogP contribution is -2.48. The normalized spacial score (nSPS) is 10.0. The van der Waals surface area contributed by atoms with Crippen LogP contribution in [0.1, 0.15) is 78.1 Å². The summed E-state index contributed by atoms with van der Waals surface area (Å²) in [6.07, 6.45) is 9.42. The predicted octanol–water partition coefficient (Wildman–Crippen LogP) is 2.95. The molecule has 0 aromatic carbocycles. The fourth-order valence-electron chi connectivity index (χ4n) is 1.83. The molecule has 21 heavy (non-hydrogen) atoms. The van der Waals surface area contributed by atoms with Crippen LogP contribution in [0.2, 0.25) is 0 Å². The molecule has 0 aliphatic rings. The van der Waals surface area contributed by atoms with Crippen molar-refractivity contribution in [2.75, 3.05) is 0 Å². The Labute approximate surface area is 133 Å². The number of carbonyl (C=O) groups excluding carboxylic acids is 2. The highest BCUT2D eigenvalue weighted by Crippen LogP contribution is 2.04. The maximum atomic E-state index is 11.6. The van der Waals surface area contributed by atoms with Crippen molar-refractivity contribution in [3.63, 3.8) is 0 Å². The molecular weight excluding hydrogens is 286 g/mol. The summed E-state index contributed by atoms with van der Waals surface area (Å²) in [5, 5.41) is 2.71. The molecule has 0 unspecified atom stereocenters. The van der Waals surface area contributed by atoms with E-state index in [0.29, 0.717) is 12.8 Å². The summed E-state index contributed by atoms with van der Waals surface area (Å²) in [4.78, 5) is 23.0. The summed E-state index contributed by atoms with van der Waals surface area (Å²) in [6.45, 7) is 4.25. The molecule has 5 nitrogen and oxygen atoms in total. The quantitative estimate of drug-likeness (QED) is 0.329. The van der Waals surface area contributed by atoms with E-state index in [1.165, 1.54) is 19.3 Å². The van der Waals surface area contributed by atoms with Crippen molar-refractivity contribution >= 4 is 29.1 Å². The van der Waals surface area contributed by atoms with Crippen molar-refractivity contribution in [3.05, 3.63) is 0 Å². The fraction of sp³-hybridized carbons (Fsp3) is 0.800. The van der Waals surface area contributed by atoms with Crippen LogP contribution in [0.4, 0.5) is 0 Å². The minimum absolute atomic E-state index is 0.107. The Morgan fingerprint density at radius 3 is 1.95 bits per heavy atom. The second kappa shape index (κ2) is 13.8. The number of hydrogen-bond donors (Lipinski definition) is 3. The van der Waals surface area contributed by atoms with Gasteiger partial charge in [0.2, 0.25) is 11.8 Å². The van der Waals surface area contributed by atoms with Gasteiger partial charge in [-0.25, -0.2) is 0 Å². The molecule has 122 valence electrons. The zero-order valence-electron chi connectivity index (χ0n) is 13.3. The first-order chi connectivity index (χ1) is 10.1. The van der Waals surface area contributed by atoms with Gasteiger partial charge in [-0.2, -0.15) is 0 Å². The number of carbonyl (C=O) groups is 2. The molecule has 0 atom stereocenters. The van der Waals surface area contributed by atoms with Gasteiger partial charge in [0.05, 0.1) is 0 Å². The molecule has 0 aromatic heterocycles. The number of rotatable bonds is 10. The highest BCUT2D eigenvalue weighted by atomic mass is 32.1. The predicted molar refractivity (Wildman–Crippen MR) is 89.5 cm³/mol. The minimum atomic E-state index is -0.111. The van der Waals surface area contributed by atoms with Crippen LogP contribution in [-0.2, 0) is 9.59 Å². The van der Waals surface area contributed by atoms with E-state index in [4.69, 9.17) is 12.2 Å². The zero-order chi connectivity index (χ0) is 15.9. The lowest BCUT2D eigenvalue weighted by atomic mass is 10.1. The molecule has 0 bridgehead atoms. The summed E-state index contributed by atoms with van der Waals surface area (Å²) in [5.74, 6) is -0.219. The van der Waals surface area contributed by atoms with E-state index in [0.717, 1.165) is 32.1 Å². The molecule has 0 spiro atoms. The van der Waals surface area contributed by atoms with Gasteiger partial charge in [0.15, 0.2) is 5.11 Å². The Kier molecular flexibility index (Phi) is 13.0. The molecule has 0 radical (unpaired) electrons. The van der Waals surface area contributed by atoms with E-state index in [1.807, 2.05) is 0 Å². The van der Waals surface area contributed by atoms with Crippen LogP contribution in [0.3, 0.4) is 0 Å². The van der Waals surface area contributed by atoms with Gasteiger partial charge >= 0.3 is 0 Å². The Morgan fingerprint density at radius 1 is 0.762 bits per heavy atom. The van der Waals surface area contributed by atoms with Gasteiger partial charge in [-0.3, -0.25) is 20.4 Å². The topological polar surface area (TPSA) is 70.2 Å². The van der Waals surface area contributed by atoms with Crippen molar-refractivity contribution in [1.29, 1.82) is 0 Å². The second-order valence-electron chi connectivity index (χ2n) is 5.17. The van der Waals surface area contributed by atoms with Gasteiger partial charge < -0.3 is 5.32 Å². The molecular formula is C15H29N3O2S. The second-order valence-corrected chi connectivity index (χ2v) is 5.58. The first-order valence-electron chi connectivity index (χ1n) is 7.98. The largest absolute Gasteiger partial charge is 0.302 e. The summed E-state index contributed by atoms with van der Waals surface area (Å²) < 4.78 is 0. The number of hydrazine groups is 1. The summed E-state index contributed by atoms with van der Waals surface area (Å²) in [7, 11) is 0. The standard InChI is InChI=1S/C15H29N3O2S/c1-3-5-7-8-10-11-13(19)16-15(21)18-17-14(20)12-9-6-4-2/h3-12H2,1-2H3,(H,17,20)(H2,16,18,19,21). The number of nitrogens with one attached hydrogen (secondary N) is 3. The van der Waals surface area contributed by atoms with E-state index in [9.17, 15) is 9.59 Å². The monoisotopic (exact) mass is 315 g/mol. The molecule has 0 aliphatic heterocycles. The Bertz CT molecular complexity index is 322. The van der Waals surface area contributed by atoms with Gasteiger partial charge in [-0.15, -0.1) is 0 Å². The van der Waals surface area contributed by atoms with Crippen molar-refractivity contribution in [1.82, 2.24) is 16.2 Å². The third kappa shape index (κ3) is 13.6. The van der Waals surface area contributed by atoms with Crippen LogP contribution in [0.25, 0.3) is 0 Å². The molecule has 0 aliphatic carbocycles. The lowest BCUT2D eigenvalue weighted by Gasteiger charge is -2.10. The molecule has 0 fully saturated rings. The smallest absolute Gasteiger partial charge is 0.238 e. The Hall–Kier alpha value is -1.17. The van der Waals surface area contributed by atoms with Crippen molar-refractivity contribution in [2.24, 2.45) is 0 Å². The Balaban J connectivity index is 3.59. The number of thiocarbonyl (C=S) groups is 1. The van der Waals surface area contributed by atoms with Gasteiger partial charge in [-0.1, -0.05) is 52.4 Å². The van der Waals surface area contributed by atoms with Crippen LogP contribution in [0, 0.1) is 0 Å². The number of unbranched alkanes of at least 4 members (excludes halogenated alkanes) is 6. The average molecular weight is 315 g/mol. The molecule has 0 saturated carbocycles. The van der Waals surface area contributed by atoms with Gasteiger partial charge in [0, 0.05) is 12.8 Å². The van der Waals surface area contributed by atoms with Crippen molar-refractivity contribution in [2.45, 2.75) is 78.1 Å². The van der Waals surface area contributed by atoms with E-state index in [2.05, 4.69) is 30.0 Å². The molecule has 0 heterocycles. The van der Waals surface area contributed by atoms with E-state index >= 15 is 0 Å². The van der Waals surface area contributed by atoms with Gasteiger partial charge in [0.1, 0.15) is 0 Å². The summed E-state index contributed by atoms with van der Waals surface area (Å²) in [6, 6.07) is 0. The van der Waals surface area contributed by atoms with E-state index in [-0.39, 0.29) is 16.9 Å². The zero-order valence-corrected chi connectivity index (χ0v) is 14.1. The molecule has 6 heteroatoms. The van der Waals surface area contributed by atoms with Crippen molar-refractivity contribution in [3.8, 4) is 0 Å². The van der Waals surface area contributed by atoms with Crippen LogP contribution >= 0.6 is 12.2 Å². The maximum Gasteiger partial charge on any atom is 0.238 e. The molecule has 2 amide bonds. The van der Waals surface area contributed by atoms with Gasteiger partial charge in [-0.05, 0) is 25.1 Å². The van der Waals surface area contributed by atoms with E-state index < -0.39 is 0 Å². The minimum Gasteiger partial charge on any atom is -0.302 e. The average Bonchev–Trinajstić information content (AvgIpc) is 2.45. The van der Waals surface area contributed by atoms with Crippen LogP contribution in [-0.4, -0.2) is 16.9 Å². The van der Waals surface area contributed by atoms with E-state index in [1.54, 1.807) is 0 Å². The van der Waals surface area contributed by atoms with Crippen LogP contribution in [0.5, 0.6) is 0 Å². The third-order valence-corrected chi connectivity index (χ3v) is 3.29. The number of amides is 2. The fourth-order valence-corrected chi connectivity index (χ4v) is 2.00.